The molecule has 39 heavy (non-hydrogen) atoms. The maximum absolute atomic E-state index is 13.0. The van der Waals surface area contributed by atoms with Crippen molar-refractivity contribution in [2.24, 2.45) is 0 Å². The summed E-state index contributed by atoms with van der Waals surface area (Å²) >= 11 is 8.46. The van der Waals surface area contributed by atoms with Gasteiger partial charge in [-0.2, -0.15) is 25.3 Å². The molecule has 0 radical (unpaired) electrons. The van der Waals surface area contributed by atoms with E-state index < -0.39 is 6.04 Å². The Bertz CT molecular complexity index is 1090. The number of ketones is 2. The van der Waals surface area contributed by atoms with Crippen molar-refractivity contribution >= 4 is 42.8 Å². The number of unbranched alkanes of at least 4 members (excludes halogenated alkanes) is 2. The summed E-state index contributed by atoms with van der Waals surface area (Å²) in [6, 6.07) is 10.5. The van der Waals surface area contributed by atoms with Gasteiger partial charge in [-0.1, -0.05) is 6.92 Å². The Balaban J connectivity index is 1.30. The van der Waals surface area contributed by atoms with Crippen molar-refractivity contribution in [3.63, 3.8) is 0 Å². The van der Waals surface area contributed by atoms with Gasteiger partial charge >= 0.3 is 5.97 Å². The number of esters is 1. The Morgan fingerprint density at radius 1 is 0.974 bits per heavy atom. The molecule has 1 aromatic heterocycles. The number of benzene rings is 1. The topological polar surface area (TPSA) is 98.7 Å². The fourth-order valence-corrected chi connectivity index (χ4v) is 5.37. The highest BCUT2D eigenvalue weighted by atomic mass is 32.1. The molecule has 0 aliphatic carbocycles. The van der Waals surface area contributed by atoms with Gasteiger partial charge in [0.1, 0.15) is 11.8 Å². The molecule has 8 nitrogen and oxygen atoms in total. The minimum atomic E-state index is -0.470. The second-order valence-corrected chi connectivity index (χ2v) is 10.6. The molecule has 0 amide bonds. The van der Waals surface area contributed by atoms with E-state index in [0.29, 0.717) is 49.1 Å². The van der Waals surface area contributed by atoms with Gasteiger partial charge in [0, 0.05) is 48.8 Å². The van der Waals surface area contributed by atoms with Gasteiger partial charge in [0.25, 0.3) is 0 Å². The highest BCUT2D eigenvalue weighted by molar-refractivity contribution is 7.80. The third-order valence-electron chi connectivity index (χ3n) is 7.14. The third kappa shape index (κ3) is 8.86. The quantitative estimate of drug-likeness (QED) is 0.0932. The maximum Gasteiger partial charge on any atom is 0.323 e. The van der Waals surface area contributed by atoms with Crippen LogP contribution in [0.1, 0.15) is 66.7 Å². The summed E-state index contributed by atoms with van der Waals surface area (Å²) < 4.78 is 12.7. The van der Waals surface area contributed by atoms with Gasteiger partial charge in [0.15, 0.2) is 5.78 Å². The summed E-state index contributed by atoms with van der Waals surface area (Å²) in [5.41, 5.74) is 2.66. The molecule has 0 saturated carbocycles. The van der Waals surface area contributed by atoms with Gasteiger partial charge in [0.2, 0.25) is 5.78 Å². The van der Waals surface area contributed by atoms with Crippen LogP contribution in [-0.4, -0.2) is 72.5 Å². The summed E-state index contributed by atoms with van der Waals surface area (Å²) in [4.78, 5) is 37.1. The van der Waals surface area contributed by atoms with Crippen LogP contribution in [0.4, 0.5) is 0 Å². The number of carbonyl (C=O) groups excluding carboxylic acids is 3. The molecule has 1 aliphatic heterocycles. The Morgan fingerprint density at radius 3 is 2.33 bits per heavy atom. The van der Waals surface area contributed by atoms with Crippen molar-refractivity contribution in [2.75, 3.05) is 38.3 Å². The number of hydrogen-bond acceptors (Lipinski definition) is 9. The van der Waals surface area contributed by atoms with Gasteiger partial charge in [0.05, 0.1) is 25.5 Å². The Hall–Kier alpha value is -2.27. The molecule has 0 spiro atoms. The largest absolute Gasteiger partial charge is 0.494 e. The third-order valence-corrected chi connectivity index (χ3v) is 7.87. The summed E-state index contributed by atoms with van der Waals surface area (Å²) in [5, 5.41) is 6.26. The van der Waals surface area contributed by atoms with E-state index in [1.807, 2.05) is 30.3 Å². The van der Waals surface area contributed by atoms with E-state index in [-0.39, 0.29) is 23.6 Å². The van der Waals surface area contributed by atoms with Crippen LogP contribution in [0.15, 0.2) is 36.4 Å². The van der Waals surface area contributed by atoms with E-state index in [1.54, 1.807) is 0 Å². The molecular weight excluding hydrogens is 534 g/mol. The number of carbonyl (C=O) groups is 3. The number of Topliss-reactive ketones (excluding diaryl/α,β-unsaturated/α-hetero) is 1. The zero-order valence-electron chi connectivity index (χ0n) is 22.9. The lowest BCUT2D eigenvalue weighted by molar-refractivity contribution is -0.142. The predicted molar refractivity (Wildman–Crippen MR) is 160 cm³/mol. The molecule has 1 aromatic carbocycles. The molecule has 2 heterocycles. The monoisotopic (exact) mass is 575 g/mol. The smallest absolute Gasteiger partial charge is 0.323 e. The van der Waals surface area contributed by atoms with Crippen LogP contribution in [0, 0.1) is 0 Å². The Labute approximate surface area is 242 Å². The Kier molecular flexibility index (Phi) is 12.9. The lowest BCUT2D eigenvalue weighted by atomic mass is 10.1. The number of hydrogen-bond donors (Lipinski definition) is 4. The van der Waals surface area contributed by atoms with Crippen LogP contribution >= 0.6 is 25.3 Å². The minimum Gasteiger partial charge on any atom is -0.494 e. The van der Waals surface area contributed by atoms with E-state index in [1.165, 1.54) is 12.8 Å². The van der Waals surface area contributed by atoms with E-state index >= 15 is 0 Å². The highest BCUT2D eigenvalue weighted by Gasteiger charge is 2.24. The summed E-state index contributed by atoms with van der Waals surface area (Å²) in [5.74, 6) is 1.81. The van der Waals surface area contributed by atoms with Crippen molar-refractivity contribution in [3.05, 3.63) is 53.3 Å². The fourth-order valence-electron chi connectivity index (χ4n) is 4.76. The average Bonchev–Trinajstić information content (AvgIpc) is 3.54. The SMILES string of the molecule is COC(=O)[C@H](CS)NCCN[C@@H](CS)C(=O)CCCCCOc1ccc(C(=O)c2ccc3n2CC[C@@H]3C)cc1. The van der Waals surface area contributed by atoms with Crippen molar-refractivity contribution in [2.45, 2.75) is 63.6 Å². The predicted octanol–water partition coefficient (Wildman–Crippen LogP) is 3.68. The number of rotatable bonds is 18. The zero-order valence-corrected chi connectivity index (χ0v) is 24.6. The van der Waals surface area contributed by atoms with Gasteiger partial charge in [-0.3, -0.25) is 14.4 Å². The highest BCUT2D eigenvalue weighted by Crippen LogP contribution is 2.30. The first-order valence-corrected chi connectivity index (χ1v) is 14.9. The second-order valence-electron chi connectivity index (χ2n) is 9.87. The number of fused-ring (bicyclic) bond motifs is 1. The molecule has 0 fully saturated rings. The molecule has 0 unspecified atom stereocenters. The number of methoxy groups -OCH3 is 1. The fraction of sp³-hybridized carbons (Fsp3) is 0.552. The van der Waals surface area contributed by atoms with Crippen LogP contribution < -0.4 is 15.4 Å². The molecule has 2 aromatic rings. The maximum atomic E-state index is 13.0. The van der Waals surface area contributed by atoms with E-state index in [0.717, 1.165) is 43.7 Å². The molecule has 2 N–H and O–H groups in total. The number of nitrogens with one attached hydrogen (secondary N) is 2. The van der Waals surface area contributed by atoms with Gasteiger partial charge in [-0.05, 0) is 68.0 Å². The minimum absolute atomic E-state index is 0.0416. The van der Waals surface area contributed by atoms with Crippen LogP contribution in [0.25, 0.3) is 0 Å². The van der Waals surface area contributed by atoms with E-state index in [9.17, 15) is 14.4 Å². The van der Waals surface area contributed by atoms with Crippen LogP contribution in [-0.2, 0) is 20.9 Å². The van der Waals surface area contributed by atoms with Crippen molar-refractivity contribution < 1.29 is 23.9 Å². The number of nitrogens with zero attached hydrogens (tertiary/aromatic N) is 1. The normalized spacial score (nSPS) is 15.9. The second kappa shape index (κ2) is 16.1. The van der Waals surface area contributed by atoms with Crippen molar-refractivity contribution in [3.8, 4) is 5.75 Å². The first-order valence-electron chi connectivity index (χ1n) is 13.7. The summed E-state index contributed by atoms with van der Waals surface area (Å²) in [7, 11) is 1.34. The number of aromatic nitrogens is 1. The van der Waals surface area contributed by atoms with Gasteiger partial charge in [-0.25, -0.2) is 0 Å². The average molecular weight is 576 g/mol. The lowest BCUT2D eigenvalue weighted by Gasteiger charge is -2.18. The first kappa shape index (κ1) is 31.3. The molecule has 10 heteroatoms. The molecule has 0 saturated heterocycles. The van der Waals surface area contributed by atoms with Gasteiger partial charge < -0.3 is 24.7 Å². The molecule has 0 bridgehead atoms. The lowest BCUT2D eigenvalue weighted by Crippen LogP contribution is -2.46. The first-order chi connectivity index (χ1) is 18.9. The summed E-state index contributed by atoms with van der Waals surface area (Å²) in [6.07, 6.45) is 4.06. The van der Waals surface area contributed by atoms with Gasteiger partial charge in [-0.15, -0.1) is 0 Å². The standard InChI is InChI=1S/C29H41N3O5S2/c1-20-13-16-32-25(20)11-12-26(32)28(34)21-7-9-22(10-8-21)37-17-5-3-4-6-27(33)23(18-38)30-14-15-31-24(19-39)29(35)36-2/h7-12,20,23-24,30-31,38-39H,3-6,13-19H2,1-2H3/t20-,23-,24-/m0/s1. The summed E-state index contributed by atoms with van der Waals surface area (Å²) in [6.45, 7) is 4.69. The van der Waals surface area contributed by atoms with E-state index in [4.69, 9.17) is 9.47 Å². The van der Waals surface area contributed by atoms with Crippen LogP contribution in [0.2, 0.25) is 0 Å². The van der Waals surface area contributed by atoms with Crippen LogP contribution in [0.3, 0.4) is 0 Å². The van der Waals surface area contributed by atoms with E-state index in [2.05, 4.69) is 53.4 Å². The number of thiol groups is 2. The Morgan fingerprint density at radius 2 is 1.67 bits per heavy atom. The zero-order chi connectivity index (χ0) is 28.2. The molecule has 1 aliphatic rings. The molecule has 3 atom stereocenters. The molecule has 3 rings (SSSR count). The van der Waals surface area contributed by atoms with Crippen LogP contribution in [0.5, 0.6) is 5.75 Å². The number of ether oxygens (including phenoxy) is 2. The van der Waals surface area contributed by atoms with Crippen molar-refractivity contribution in [1.29, 1.82) is 0 Å². The molecular formula is C29H41N3O5S2. The van der Waals surface area contributed by atoms with Crippen molar-refractivity contribution in [1.82, 2.24) is 15.2 Å². The molecule has 214 valence electrons.